The van der Waals surface area contributed by atoms with Crippen LogP contribution in [0.2, 0.25) is 10.0 Å². The Balaban J connectivity index is 1.77. The summed E-state index contributed by atoms with van der Waals surface area (Å²) in [7, 11) is 1.63. The summed E-state index contributed by atoms with van der Waals surface area (Å²) in [4.78, 5) is 4.07. The maximum Gasteiger partial charge on any atom is 0.247 e. The molecule has 25 heavy (non-hydrogen) atoms. The first-order chi connectivity index (χ1) is 12.1. The minimum atomic E-state index is -1.08. The number of ether oxygens (including phenoxy) is 3. The number of halogens is 2. The average molecular weight is 383 g/mol. The molecule has 0 unspecified atom stereocenters. The van der Waals surface area contributed by atoms with E-state index in [1.807, 2.05) is 16.8 Å². The summed E-state index contributed by atoms with van der Waals surface area (Å²) in [5.74, 6) is -0.558. The molecule has 3 heterocycles. The molecule has 0 aliphatic carbocycles. The number of hydrogen-bond donors (Lipinski definition) is 0. The molecule has 1 aliphatic heterocycles. The van der Waals surface area contributed by atoms with Crippen molar-refractivity contribution in [3.05, 3.63) is 52.7 Å². The Hall–Kier alpha value is -1.57. The van der Waals surface area contributed by atoms with Crippen LogP contribution in [-0.2, 0) is 26.5 Å². The van der Waals surface area contributed by atoms with E-state index in [0.717, 1.165) is 5.39 Å². The first kappa shape index (κ1) is 16.9. The van der Waals surface area contributed by atoms with Crippen molar-refractivity contribution in [1.29, 1.82) is 0 Å². The number of methoxy groups -OCH3 is 1. The zero-order valence-corrected chi connectivity index (χ0v) is 15.0. The van der Waals surface area contributed by atoms with Gasteiger partial charge in [0.05, 0.1) is 31.1 Å². The first-order valence-electron chi connectivity index (χ1n) is 7.75. The van der Waals surface area contributed by atoms with Gasteiger partial charge in [-0.1, -0.05) is 23.2 Å². The van der Waals surface area contributed by atoms with Crippen molar-refractivity contribution in [2.75, 3.05) is 20.3 Å². The van der Waals surface area contributed by atoms with Gasteiger partial charge in [-0.3, -0.25) is 0 Å². The molecule has 0 saturated carbocycles. The van der Waals surface area contributed by atoms with Gasteiger partial charge in [0.1, 0.15) is 6.10 Å². The monoisotopic (exact) mass is 382 g/mol. The van der Waals surface area contributed by atoms with Crippen molar-refractivity contribution >= 4 is 34.2 Å². The molecule has 1 saturated heterocycles. The van der Waals surface area contributed by atoms with Gasteiger partial charge >= 0.3 is 0 Å². The molecule has 2 atom stereocenters. The molecule has 6 nitrogen and oxygen atoms in total. The second-order valence-corrected chi connectivity index (χ2v) is 6.75. The zero-order chi connectivity index (χ0) is 17.4. The highest BCUT2D eigenvalue weighted by Crippen LogP contribution is 2.41. The van der Waals surface area contributed by atoms with E-state index in [0.29, 0.717) is 41.1 Å². The third-order valence-electron chi connectivity index (χ3n) is 4.07. The predicted molar refractivity (Wildman–Crippen MR) is 92.8 cm³/mol. The molecule has 132 valence electrons. The van der Waals surface area contributed by atoms with E-state index < -0.39 is 5.79 Å². The summed E-state index contributed by atoms with van der Waals surface area (Å²) >= 11 is 12.3. The Bertz CT molecular complexity index is 880. The minimum Gasteiger partial charge on any atom is -0.454 e. The van der Waals surface area contributed by atoms with Gasteiger partial charge in [-0.05, 0) is 18.2 Å². The largest absolute Gasteiger partial charge is 0.454 e. The first-order valence-corrected chi connectivity index (χ1v) is 8.51. The maximum absolute atomic E-state index is 6.25. The number of fused-ring (bicyclic) bond motifs is 1. The van der Waals surface area contributed by atoms with Gasteiger partial charge in [0.15, 0.2) is 11.3 Å². The lowest BCUT2D eigenvalue weighted by Crippen LogP contribution is -2.33. The SMILES string of the molecule is COC[C@@H]1CO[C@@](Cn2ccnc2)(c2cc3cc(Cl)cc(Cl)c3o2)O1. The topological polar surface area (TPSA) is 58.7 Å². The maximum atomic E-state index is 6.25. The van der Waals surface area contributed by atoms with E-state index in [2.05, 4.69) is 4.98 Å². The van der Waals surface area contributed by atoms with E-state index in [9.17, 15) is 0 Å². The van der Waals surface area contributed by atoms with Crippen molar-refractivity contribution in [3.63, 3.8) is 0 Å². The third-order valence-corrected chi connectivity index (χ3v) is 4.57. The van der Waals surface area contributed by atoms with Crippen LogP contribution in [0.1, 0.15) is 5.76 Å². The van der Waals surface area contributed by atoms with Crippen LogP contribution in [0.3, 0.4) is 0 Å². The summed E-state index contributed by atoms with van der Waals surface area (Å²) in [5.41, 5.74) is 0.550. The molecule has 0 bridgehead atoms. The molecule has 8 heteroatoms. The van der Waals surface area contributed by atoms with E-state index >= 15 is 0 Å². The lowest BCUT2D eigenvalue weighted by molar-refractivity contribution is -0.201. The molecular formula is C17H16Cl2N2O4. The number of rotatable bonds is 5. The highest BCUT2D eigenvalue weighted by atomic mass is 35.5. The predicted octanol–water partition coefficient (Wildman–Crippen LogP) is 3.85. The summed E-state index contributed by atoms with van der Waals surface area (Å²) in [5, 5.41) is 1.77. The Morgan fingerprint density at radius 3 is 3.00 bits per heavy atom. The number of benzene rings is 1. The molecule has 0 radical (unpaired) electrons. The zero-order valence-electron chi connectivity index (χ0n) is 13.4. The van der Waals surface area contributed by atoms with Crippen LogP contribution < -0.4 is 0 Å². The lowest BCUT2D eigenvalue weighted by atomic mass is 10.1. The van der Waals surface area contributed by atoms with E-state index in [4.69, 9.17) is 41.8 Å². The van der Waals surface area contributed by atoms with Gasteiger partial charge in [-0.15, -0.1) is 0 Å². The number of nitrogens with zero attached hydrogens (tertiary/aromatic N) is 2. The van der Waals surface area contributed by atoms with Crippen molar-refractivity contribution in [1.82, 2.24) is 9.55 Å². The van der Waals surface area contributed by atoms with Crippen LogP contribution >= 0.6 is 23.2 Å². The van der Waals surface area contributed by atoms with E-state index in [1.54, 1.807) is 31.8 Å². The van der Waals surface area contributed by atoms with Gasteiger partial charge in [-0.25, -0.2) is 4.98 Å². The molecule has 1 aromatic carbocycles. The van der Waals surface area contributed by atoms with Crippen LogP contribution in [0.4, 0.5) is 0 Å². The fourth-order valence-corrected chi connectivity index (χ4v) is 3.55. The van der Waals surface area contributed by atoms with Gasteiger partial charge in [0, 0.05) is 29.9 Å². The van der Waals surface area contributed by atoms with Gasteiger partial charge in [0.2, 0.25) is 5.79 Å². The summed E-state index contributed by atoms with van der Waals surface area (Å²) in [6, 6.07) is 5.28. The average Bonchev–Trinajstić information content (AvgIpc) is 3.28. The van der Waals surface area contributed by atoms with Crippen LogP contribution in [0.15, 0.2) is 41.3 Å². The van der Waals surface area contributed by atoms with Crippen molar-refractivity contribution in [3.8, 4) is 0 Å². The van der Waals surface area contributed by atoms with Crippen LogP contribution in [0.5, 0.6) is 0 Å². The van der Waals surface area contributed by atoms with Crippen molar-refractivity contribution < 1.29 is 18.6 Å². The van der Waals surface area contributed by atoms with Crippen molar-refractivity contribution in [2.24, 2.45) is 0 Å². The minimum absolute atomic E-state index is 0.194. The molecule has 3 aromatic rings. The highest BCUT2D eigenvalue weighted by molar-refractivity contribution is 6.38. The summed E-state index contributed by atoms with van der Waals surface area (Å²) < 4.78 is 25.3. The molecule has 2 aromatic heterocycles. The normalized spacial score (nSPS) is 23.6. The Labute approximate surface area is 154 Å². The Kier molecular flexibility index (Phi) is 4.47. The van der Waals surface area contributed by atoms with E-state index in [1.165, 1.54) is 0 Å². The number of aromatic nitrogens is 2. The molecule has 0 spiro atoms. The Morgan fingerprint density at radius 1 is 1.36 bits per heavy atom. The molecule has 1 fully saturated rings. The smallest absolute Gasteiger partial charge is 0.247 e. The van der Waals surface area contributed by atoms with Crippen LogP contribution in [-0.4, -0.2) is 36.0 Å². The fraction of sp³-hybridized carbons (Fsp3) is 0.353. The van der Waals surface area contributed by atoms with Gasteiger partial charge < -0.3 is 23.2 Å². The summed E-state index contributed by atoms with van der Waals surface area (Å²) in [6.45, 7) is 1.21. The Morgan fingerprint density at radius 2 is 2.24 bits per heavy atom. The van der Waals surface area contributed by atoms with Crippen molar-refractivity contribution in [2.45, 2.75) is 18.4 Å². The molecule has 0 N–H and O–H groups in total. The summed E-state index contributed by atoms with van der Waals surface area (Å²) in [6.07, 6.45) is 5.04. The molecule has 4 rings (SSSR count). The lowest BCUT2D eigenvalue weighted by Gasteiger charge is -2.26. The van der Waals surface area contributed by atoms with Gasteiger partial charge in [-0.2, -0.15) is 0 Å². The van der Waals surface area contributed by atoms with Crippen LogP contribution in [0, 0.1) is 0 Å². The highest BCUT2D eigenvalue weighted by Gasteiger charge is 2.46. The van der Waals surface area contributed by atoms with E-state index in [-0.39, 0.29) is 6.10 Å². The quantitative estimate of drug-likeness (QED) is 0.670. The number of furan rings is 1. The molecule has 1 aliphatic rings. The van der Waals surface area contributed by atoms with Crippen LogP contribution in [0.25, 0.3) is 11.0 Å². The second-order valence-electron chi connectivity index (χ2n) is 5.91. The third kappa shape index (κ3) is 3.16. The molecular weight excluding hydrogens is 367 g/mol. The number of imidazole rings is 1. The fourth-order valence-electron chi connectivity index (χ4n) is 3.01. The second kappa shape index (κ2) is 6.63. The molecule has 0 amide bonds. The van der Waals surface area contributed by atoms with Gasteiger partial charge in [0.25, 0.3) is 0 Å². The number of hydrogen-bond acceptors (Lipinski definition) is 5. The standard InChI is InChI=1S/C17H16Cl2N2O4/c1-22-7-13-8-23-17(25-13,9-21-3-2-20-10-21)15-5-11-4-12(18)6-14(19)16(11)24-15/h2-6,10,13H,7-9H2,1H3/t13-,17-/m1/s1.